The molecule has 0 saturated carbocycles. The van der Waals surface area contributed by atoms with Crippen molar-refractivity contribution in [2.45, 2.75) is 13.5 Å². The van der Waals surface area contributed by atoms with E-state index >= 15 is 0 Å². The fourth-order valence-corrected chi connectivity index (χ4v) is 3.46. The molecule has 0 atom stereocenters. The van der Waals surface area contributed by atoms with Gasteiger partial charge in [-0.3, -0.25) is 9.20 Å². The van der Waals surface area contributed by atoms with Crippen LogP contribution in [0.5, 0.6) is 11.5 Å². The Labute approximate surface area is 159 Å². The van der Waals surface area contributed by atoms with Crippen LogP contribution in [0.3, 0.4) is 0 Å². The lowest BCUT2D eigenvalue weighted by molar-refractivity contribution is -0.139. The number of benzene rings is 1. The van der Waals surface area contributed by atoms with Gasteiger partial charge in [-0.2, -0.15) is 0 Å². The van der Waals surface area contributed by atoms with Crippen molar-refractivity contribution in [1.82, 2.24) is 9.38 Å². The van der Waals surface area contributed by atoms with Crippen LogP contribution in [-0.4, -0.2) is 29.6 Å². The largest absolute Gasteiger partial charge is 0.493 e. The number of fused-ring (bicyclic) bond motifs is 1. The van der Waals surface area contributed by atoms with E-state index in [0.717, 1.165) is 5.69 Å². The highest BCUT2D eigenvalue weighted by Crippen LogP contribution is 2.31. The van der Waals surface area contributed by atoms with E-state index in [1.165, 1.54) is 35.0 Å². The number of carbonyl (C=O) groups excluding carboxylic acids is 1. The van der Waals surface area contributed by atoms with E-state index in [0.29, 0.717) is 27.7 Å². The average molecular weight is 386 g/mol. The van der Waals surface area contributed by atoms with Crippen LogP contribution in [0.25, 0.3) is 11.0 Å². The SMILES string of the molecule is COc1cccc(/C=C/C(=O)OCc2cc(=O)n3c(C)csc3n2)c1OC. The van der Waals surface area contributed by atoms with Gasteiger partial charge in [0.1, 0.15) is 6.61 Å². The van der Waals surface area contributed by atoms with Crippen LogP contribution >= 0.6 is 11.3 Å². The molecule has 0 N–H and O–H groups in total. The monoisotopic (exact) mass is 386 g/mol. The maximum atomic E-state index is 12.1. The first-order valence-corrected chi connectivity index (χ1v) is 8.94. The fourth-order valence-electron chi connectivity index (χ4n) is 2.57. The van der Waals surface area contributed by atoms with Crippen LogP contribution in [0.1, 0.15) is 17.0 Å². The molecule has 0 aliphatic rings. The minimum atomic E-state index is -0.552. The maximum Gasteiger partial charge on any atom is 0.331 e. The molecule has 2 aromatic heterocycles. The first-order chi connectivity index (χ1) is 13.0. The van der Waals surface area contributed by atoms with Gasteiger partial charge in [0, 0.05) is 28.8 Å². The van der Waals surface area contributed by atoms with Gasteiger partial charge in [0.25, 0.3) is 5.56 Å². The fraction of sp³-hybridized carbons (Fsp3) is 0.211. The number of rotatable bonds is 6. The highest BCUT2D eigenvalue weighted by atomic mass is 32.1. The summed E-state index contributed by atoms with van der Waals surface area (Å²) in [6, 6.07) is 6.72. The number of nitrogens with zero attached hydrogens (tertiary/aromatic N) is 2. The summed E-state index contributed by atoms with van der Waals surface area (Å²) in [7, 11) is 3.07. The summed E-state index contributed by atoms with van der Waals surface area (Å²) < 4.78 is 17.2. The molecule has 0 aliphatic carbocycles. The number of methoxy groups -OCH3 is 2. The molecule has 0 spiro atoms. The van der Waals surface area contributed by atoms with E-state index in [2.05, 4.69) is 4.98 Å². The second kappa shape index (κ2) is 8.05. The highest BCUT2D eigenvalue weighted by Gasteiger charge is 2.09. The number of ether oxygens (including phenoxy) is 3. The molecule has 0 bridgehead atoms. The molecule has 140 valence electrons. The molecule has 27 heavy (non-hydrogen) atoms. The molecule has 8 heteroatoms. The number of hydrogen-bond donors (Lipinski definition) is 0. The summed E-state index contributed by atoms with van der Waals surface area (Å²) in [6.45, 7) is 1.75. The van der Waals surface area contributed by atoms with Crippen molar-refractivity contribution >= 4 is 28.3 Å². The van der Waals surface area contributed by atoms with Crippen LogP contribution in [0.15, 0.2) is 40.5 Å². The number of esters is 1. The van der Waals surface area contributed by atoms with Gasteiger partial charge in [-0.25, -0.2) is 9.78 Å². The minimum absolute atomic E-state index is 0.0822. The number of hydrogen-bond acceptors (Lipinski definition) is 7. The third-order valence-electron chi connectivity index (χ3n) is 3.82. The first kappa shape index (κ1) is 18.7. The Kier molecular flexibility index (Phi) is 5.56. The summed E-state index contributed by atoms with van der Waals surface area (Å²) in [5.41, 5.74) is 1.72. The molecule has 0 amide bonds. The molecule has 7 nitrogen and oxygen atoms in total. The summed E-state index contributed by atoms with van der Waals surface area (Å²) in [4.78, 5) is 29.0. The molecule has 1 aromatic carbocycles. The zero-order valence-electron chi connectivity index (χ0n) is 15.1. The maximum absolute atomic E-state index is 12.1. The van der Waals surface area contributed by atoms with E-state index in [9.17, 15) is 9.59 Å². The zero-order valence-corrected chi connectivity index (χ0v) is 15.9. The van der Waals surface area contributed by atoms with Crippen molar-refractivity contribution < 1.29 is 19.0 Å². The molecule has 0 radical (unpaired) electrons. The number of aromatic nitrogens is 2. The standard InChI is InChI=1S/C19H18N2O5S/c1-12-11-27-19-20-14(9-16(22)21(12)19)10-26-17(23)8-7-13-5-4-6-15(24-2)18(13)25-3/h4-9,11H,10H2,1-3H3/b8-7+. The molecule has 2 heterocycles. The first-order valence-electron chi connectivity index (χ1n) is 8.06. The van der Waals surface area contributed by atoms with Crippen molar-refractivity contribution in [3.63, 3.8) is 0 Å². The van der Waals surface area contributed by atoms with Gasteiger partial charge in [0.05, 0.1) is 19.9 Å². The van der Waals surface area contributed by atoms with Gasteiger partial charge >= 0.3 is 5.97 Å². The van der Waals surface area contributed by atoms with Crippen LogP contribution in [0.2, 0.25) is 0 Å². The van der Waals surface area contributed by atoms with Crippen LogP contribution < -0.4 is 15.0 Å². The van der Waals surface area contributed by atoms with E-state index in [1.54, 1.807) is 31.4 Å². The number of thiazole rings is 1. The van der Waals surface area contributed by atoms with E-state index in [4.69, 9.17) is 14.2 Å². The Morgan fingerprint density at radius 2 is 2.11 bits per heavy atom. The predicted molar refractivity (Wildman–Crippen MR) is 102 cm³/mol. The Morgan fingerprint density at radius 3 is 2.85 bits per heavy atom. The average Bonchev–Trinajstić information content (AvgIpc) is 3.05. The number of aryl methyl sites for hydroxylation is 1. The lowest BCUT2D eigenvalue weighted by Gasteiger charge is -2.09. The van der Waals surface area contributed by atoms with Crippen molar-refractivity contribution in [3.8, 4) is 11.5 Å². The third-order valence-corrected chi connectivity index (χ3v) is 4.77. The zero-order chi connectivity index (χ0) is 19.4. The van der Waals surface area contributed by atoms with Crippen molar-refractivity contribution in [2.75, 3.05) is 14.2 Å². The lowest BCUT2D eigenvalue weighted by Crippen LogP contribution is -2.16. The van der Waals surface area contributed by atoms with E-state index in [1.807, 2.05) is 12.3 Å². The quantitative estimate of drug-likeness (QED) is 0.479. The normalized spacial score (nSPS) is 11.1. The van der Waals surface area contributed by atoms with Crippen LogP contribution in [0, 0.1) is 6.92 Å². The van der Waals surface area contributed by atoms with Gasteiger partial charge < -0.3 is 14.2 Å². The molecule has 3 rings (SSSR count). The Morgan fingerprint density at radius 1 is 1.30 bits per heavy atom. The molecule has 0 saturated heterocycles. The van der Waals surface area contributed by atoms with Crippen LogP contribution in [0.4, 0.5) is 0 Å². The predicted octanol–water partition coefficient (Wildman–Crippen LogP) is 2.84. The van der Waals surface area contributed by atoms with Gasteiger partial charge in [-0.15, -0.1) is 11.3 Å². The molecule has 0 fully saturated rings. The lowest BCUT2D eigenvalue weighted by atomic mass is 10.1. The van der Waals surface area contributed by atoms with Crippen molar-refractivity contribution in [3.05, 3.63) is 63.0 Å². The molecule has 0 unspecified atom stereocenters. The summed E-state index contributed by atoms with van der Waals surface area (Å²) in [5, 5.41) is 1.85. The minimum Gasteiger partial charge on any atom is -0.493 e. The van der Waals surface area contributed by atoms with E-state index in [-0.39, 0.29) is 12.2 Å². The van der Waals surface area contributed by atoms with Gasteiger partial charge in [-0.05, 0) is 19.1 Å². The Balaban J connectivity index is 1.70. The van der Waals surface area contributed by atoms with Crippen molar-refractivity contribution in [1.29, 1.82) is 0 Å². The second-order valence-electron chi connectivity index (χ2n) is 5.60. The van der Waals surface area contributed by atoms with Gasteiger partial charge in [0.2, 0.25) is 0 Å². The number of carbonyl (C=O) groups is 1. The second-order valence-corrected chi connectivity index (χ2v) is 6.44. The number of para-hydroxylation sites is 1. The summed E-state index contributed by atoms with van der Waals surface area (Å²) in [5.74, 6) is 0.540. The molecular formula is C19H18N2O5S. The molecular weight excluding hydrogens is 368 g/mol. The molecule has 3 aromatic rings. The smallest absolute Gasteiger partial charge is 0.331 e. The van der Waals surface area contributed by atoms with Gasteiger partial charge in [0.15, 0.2) is 16.5 Å². The summed E-state index contributed by atoms with van der Waals surface area (Å²) >= 11 is 1.36. The highest BCUT2D eigenvalue weighted by molar-refractivity contribution is 7.15. The Bertz CT molecular complexity index is 1070. The van der Waals surface area contributed by atoms with Crippen molar-refractivity contribution in [2.24, 2.45) is 0 Å². The van der Waals surface area contributed by atoms with Crippen LogP contribution in [-0.2, 0) is 16.1 Å². The van der Waals surface area contributed by atoms with E-state index < -0.39 is 5.97 Å². The molecule has 0 aliphatic heterocycles. The Hall–Kier alpha value is -3.13. The van der Waals surface area contributed by atoms with Gasteiger partial charge in [-0.1, -0.05) is 12.1 Å². The topological polar surface area (TPSA) is 79.1 Å². The third kappa shape index (κ3) is 4.01. The summed E-state index contributed by atoms with van der Waals surface area (Å²) in [6.07, 6.45) is 2.87.